The van der Waals surface area contributed by atoms with E-state index in [9.17, 15) is 18.1 Å². The molecule has 3 fully saturated rings. The van der Waals surface area contributed by atoms with Gasteiger partial charge in [0.05, 0.1) is 16.2 Å². The lowest BCUT2D eigenvalue weighted by Gasteiger charge is -2.31. The lowest BCUT2D eigenvalue weighted by atomic mass is 9.94. The Hall–Kier alpha value is -3.71. The average Bonchev–Trinajstić information content (AvgIpc) is 3.71. The minimum atomic E-state index is -2.83. The topological polar surface area (TPSA) is 116 Å². The molecule has 3 aliphatic heterocycles. The van der Waals surface area contributed by atoms with Gasteiger partial charge in [-0.1, -0.05) is 13.0 Å². The van der Waals surface area contributed by atoms with Crippen molar-refractivity contribution in [3.05, 3.63) is 47.7 Å². The first-order chi connectivity index (χ1) is 21.5. The van der Waals surface area contributed by atoms with Crippen molar-refractivity contribution < 1.29 is 27.2 Å². The molecule has 0 spiro atoms. The summed E-state index contributed by atoms with van der Waals surface area (Å²) in [6.45, 7) is 3.82. The largest absolute Gasteiger partial charge is 0.508 e. The summed E-state index contributed by atoms with van der Waals surface area (Å²) >= 11 is 0. The van der Waals surface area contributed by atoms with E-state index in [4.69, 9.17) is 9.52 Å². The van der Waals surface area contributed by atoms with Gasteiger partial charge in [0, 0.05) is 53.8 Å². The number of phenols is 1. The number of halogens is 3. The minimum Gasteiger partial charge on any atom is -0.508 e. The Morgan fingerprint density at radius 2 is 2.02 bits per heavy atom. The van der Waals surface area contributed by atoms with Gasteiger partial charge in [0.25, 0.3) is 0 Å². The summed E-state index contributed by atoms with van der Waals surface area (Å²) in [7, 11) is -2.83. The maximum Gasteiger partial charge on any atom is 0.319 e. The number of anilines is 1. The third-order valence-electron chi connectivity index (χ3n) is 9.72. The molecule has 0 bridgehead atoms. The molecule has 2 aromatic carbocycles. The fourth-order valence-corrected chi connectivity index (χ4v) is 8.50. The molecule has 9 nitrogen and oxygen atoms in total. The Morgan fingerprint density at radius 3 is 2.78 bits per heavy atom. The molecule has 4 aromatic rings. The highest BCUT2D eigenvalue weighted by molar-refractivity contribution is 7.92. The quantitative estimate of drug-likeness (QED) is 0.268. The Bertz CT molecular complexity index is 1940. The first-order valence-corrected chi connectivity index (χ1v) is 17.3. The van der Waals surface area contributed by atoms with Crippen molar-refractivity contribution in [1.82, 2.24) is 19.9 Å². The van der Waals surface area contributed by atoms with Gasteiger partial charge in [0.1, 0.15) is 41.4 Å². The fourth-order valence-electron chi connectivity index (χ4n) is 7.48. The number of hydrogen-bond acceptors (Lipinski definition) is 9. The van der Waals surface area contributed by atoms with Crippen LogP contribution in [0.4, 0.5) is 19.0 Å². The number of nitrogens with one attached hydrogen (secondary N) is 1. The maximum absolute atomic E-state index is 16.7. The molecule has 13 heteroatoms. The van der Waals surface area contributed by atoms with Gasteiger partial charge in [0.15, 0.2) is 5.82 Å². The summed E-state index contributed by atoms with van der Waals surface area (Å²) in [4.78, 5) is 17.6. The first-order valence-electron chi connectivity index (χ1n) is 15.3. The van der Waals surface area contributed by atoms with E-state index in [1.54, 1.807) is 6.92 Å². The third kappa shape index (κ3) is 5.13. The molecule has 2 aromatic heterocycles. The van der Waals surface area contributed by atoms with Gasteiger partial charge >= 0.3 is 6.01 Å². The SMILES string of the molecule is CCc1c(F)ccc2cc(O)cc(-c3ncc4c(N5CCC(S(C)(=N)=O)C5)nc(OC[C@@]56CCCN5C[C@H](F)C6)nc4c3F)c12. The molecule has 5 heterocycles. The van der Waals surface area contributed by atoms with E-state index in [0.717, 1.165) is 19.4 Å². The van der Waals surface area contributed by atoms with Crippen LogP contribution in [0.2, 0.25) is 0 Å². The number of fused-ring (bicyclic) bond motifs is 3. The van der Waals surface area contributed by atoms with Crippen LogP contribution >= 0.6 is 0 Å². The molecular formula is C32H35F3N6O3S. The molecule has 238 valence electrons. The predicted octanol–water partition coefficient (Wildman–Crippen LogP) is 5.60. The molecule has 45 heavy (non-hydrogen) atoms. The van der Waals surface area contributed by atoms with Crippen LogP contribution in [0.15, 0.2) is 30.5 Å². The van der Waals surface area contributed by atoms with Gasteiger partial charge in [-0.2, -0.15) is 9.97 Å². The molecule has 4 atom stereocenters. The summed E-state index contributed by atoms with van der Waals surface area (Å²) in [5.41, 5.74) is -0.0597. The van der Waals surface area contributed by atoms with E-state index >= 15 is 4.39 Å². The van der Waals surface area contributed by atoms with Crippen molar-refractivity contribution in [2.24, 2.45) is 0 Å². The summed E-state index contributed by atoms with van der Waals surface area (Å²) < 4.78 is 72.9. The second-order valence-corrected chi connectivity index (χ2v) is 15.1. The molecule has 0 radical (unpaired) electrons. The second kappa shape index (κ2) is 11.0. The summed E-state index contributed by atoms with van der Waals surface area (Å²) in [6.07, 6.45) is 4.82. The van der Waals surface area contributed by atoms with E-state index in [-0.39, 0.29) is 41.7 Å². The molecule has 0 saturated carbocycles. The van der Waals surface area contributed by atoms with E-state index in [1.165, 1.54) is 36.7 Å². The number of hydrogen-bond donors (Lipinski definition) is 2. The van der Waals surface area contributed by atoms with Gasteiger partial charge in [0.2, 0.25) is 0 Å². The number of pyridine rings is 1. The monoisotopic (exact) mass is 640 g/mol. The standard InChI is InChI=1S/C32H35F3N6O3S/c1-3-22-25(34)6-5-18-11-20(42)12-23(26(18)22)28-27(35)29-24(14-37-28)30(40-10-7-21(16-40)45(2,36)43)39-31(38-29)44-17-32-8-4-9-41(32)15-19(33)13-32/h5-6,11-12,14,19,21,36,42H,3-4,7-10,13,15-17H2,1-2H3/t19-,21?,32+,45?/m1/s1. The van der Waals surface area contributed by atoms with E-state index in [0.29, 0.717) is 59.9 Å². The number of benzene rings is 2. The van der Waals surface area contributed by atoms with Crippen molar-refractivity contribution in [3.8, 4) is 23.0 Å². The molecule has 3 aliphatic rings. The van der Waals surface area contributed by atoms with Crippen LogP contribution in [0.25, 0.3) is 32.9 Å². The number of aromatic nitrogens is 3. The lowest BCUT2D eigenvalue weighted by Crippen LogP contribution is -2.43. The Balaban J connectivity index is 1.37. The fraction of sp³-hybridized carbons (Fsp3) is 0.469. The highest BCUT2D eigenvalue weighted by Gasteiger charge is 2.49. The molecule has 7 rings (SSSR count). The summed E-state index contributed by atoms with van der Waals surface area (Å²) in [6, 6.07) is 5.66. The summed E-state index contributed by atoms with van der Waals surface area (Å²) in [5, 5.41) is 11.4. The normalized spacial score (nSPS) is 24.9. The molecular weight excluding hydrogens is 605 g/mol. The Kier molecular flexibility index (Phi) is 7.31. The van der Waals surface area contributed by atoms with Gasteiger partial charge in [-0.25, -0.2) is 17.4 Å². The lowest BCUT2D eigenvalue weighted by molar-refractivity contribution is 0.107. The average molecular weight is 641 g/mol. The zero-order chi connectivity index (χ0) is 31.7. The van der Waals surface area contributed by atoms with Crippen LogP contribution in [0, 0.1) is 16.4 Å². The predicted molar refractivity (Wildman–Crippen MR) is 167 cm³/mol. The number of aromatic hydroxyl groups is 1. The van der Waals surface area contributed by atoms with Gasteiger partial charge in [-0.15, -0.1) is 0 Å². The minimum absolute atomic E-state index is 0.0759. The van der Waals surface area contributed by atoms with Crippen molar-refractivity contribution in [2.45, 2.75) is 56.0 Å². The highest BCUT2D eigenvalue weighted by Crippen LogP contribution is 2.42. The van der Waals surface area contributed by atoms with Crippen molar-refractivity contribution in [3.63, 3.8) is 0 Å². The molecule has 2 unspecified atom stereocenters. The van der Waals surface area contributed by atoms with Gasteiger partial charge < -0.3 is 14.7 Å². The number of alkyl halides is 1. The van der Waals surface area contributed by atoms with Crippen LogP contribution in [-0.2, 0) is 16.1 Å². The van der Waals surface area contributed by atoms with Gasteiger partial charge in [-0.3, -0.25) is 14.7 Å². The number of ether oxygens (including phenoxy) is 1. The first kappa shape index (κ1) is 30.0. The van der Waals surface area contributed by atoms with Crippen LogP contribution in [0.1, 0.15) is 38.2 Å². The van der Waals surface area contributed by atoms with E-state index in [2.05, 4.69) is 19.9 Å². The van der Waals surface area contributed by atoms with Crippen molar-refractivity contribution in [1.29, 1.82) is 4.78 Å². The third-order valence-corrected chi connectivity index (χ3v) is 11.4. The smallest absolute Gasteiger partial charge is 0.319 e. The number of phenolic OH excluding ortho intramolecular Hbond substituents is 1. The molecule has 0 amide bonds. The highest BCUT2D eigenvalue weighted by atomic mass is 32.2. The Labute approximate surface area is 259 Å². The summed E-state index contributed by atoms with van der Waals surface area (Å²) in [5.74, 6) is -1.01. The zero-order valence-corrected chi connectivity index (χ0v) is 26.0. The maximum atomic E-state index is 16.7. The van der Waals surface area contributed by atoms with Crippen LogP contribution in [0.3, 0.4) is 0 Å². The van der Waals surface area contributed by atoms with Crippen LogP contribution < -0.4 is 9.64 Å². The molecule has 2 N–H and O–H groups in total. The van der Waals surface area contributed by atoms with Crippen LogP contribution in [-0.4, -0.2) is 85.2 Å². The second-order valence-electron chi connectivity index (χ2n) is 12.6. The van der Waals surface area contributed by atoms with E-state index in [1.807, 2.05) is 4.90 Å². The van der Waals surface area contributed by atoms with Crippen LogP contribution in [0.5, 0.6) is 11.8 Å². The molecule has 0 aliphatic carbocycles. The number of nitrogens with zero attached hydrogens (tertiary/aromatic N) is 5. The van der Waals surface area contributed by atoms with Crippen molar-refractivity contribution >= 4 is 37.2 Å². The molecule has 3 saturated heterocycles. The van der Waals surface area contributed by atoms with Crippen molar-refractivity contribution in [2.75, 3.05) is 43.9 Å². The number of aryl methyl sites for hydroxylation is 1. The zero-order valence-electron chi connectivity index (χ0n) is 25.2. The van der Waals surface area contributed by atoms with E-state index < -0.39 is 38.3 Å². The Morgan fingerprint density at radius 1 is 1.20 bits per heavy atom. The number of rotatable bonds is 7. The van der Waals surface area contributed by atoms with Gasteiger partial charge in [-0.05, 0) is 66.8 Å².